The van der Waals surface area contributed by atoms with Crippen LogP contribution in [0.2, 0.25) is 5.02 Å². The summed E-state index contributed by atoms with van der Waals surface area (Å²) in [7, 11) is 0. The van der Waals surface area contributed by atoms with Crippen LogP contribution in [0.25, 0.3) is 22.4 Å². The van der Waals surface area contributed by atoms with Gasteiger partial charge in [0.2, 0.25) is 5.95 Å². The van der Waals surface area contributed by atoms with Gasteiger partial charge in [-0.3, -0.25) is 10.7 Å². The average Bonchev–Trinajstić information content (AvgIpc) is 3.27. The third kappa shape index (κ3) is 6.23. The van der Waals surface area contributed by atoms with E-state index in [0.717, 1.165) is 48.8 Å². The van der Waals surface area contributed by atoms with Crippen molar-refractivity contribution in [3.05, 3.63) is 35.1 Å². The van der Waals surface area contributed by atoms with Gasteiger partial charge >= 0.3 is 6.09 Å². The largest absolute Gasteiger partial charge is 0.465 e. The van der Waals surface area contributed by atoms with Gasteiger partial charge in [-0.15, -0.1) is 0 Å². The molecule has 1 aliphatic heterocycles. The molecule has 11 heteroatoms. The highest BCUT2D eigenvalue weighted by molar-refractivity contribution is 6.30. The first-order valence-electron chi connectivity index (χ1n) is 14.2. The highest BCUT2D eigenvalue weighted by atomic mass is 35.5. The fourth-order valence-electron chi connectivity index (χ4n) is 5.96. The van der Waals surface area contributed by atoms with Crippen LogP contribution in [0, 0.1) is 23.2 Å². The first-order chi connectivity index (χ1) is 19.2. The Morgan fingerprint density at radius 3 is 2.70 bits per heavy atom. The number of hydrogen-bond donors (Lipinski definition) is 3. The number of morpholine rings is 1. The van der Waals surface area contributed by atoms with Crippen LogP contribution in [0.4, 0.5) is 10.7 Å². The van der Waals surface area contributed by atoms with Crippen molar-refractivity contribution in [2.24, 2.45) is 17.8 Å². The maximum atomic E-state index is 11.3. The lowest BCUT2D eigenvalue weighted by Crippen LogP contribution is -2.47. The van der Waals surface area contributed by atoms with Gasteiger partial charge in [0.15, 0.2) is 17.3 Å². The highest BCUT2D eigenvalue weighted by Crippen LogP contribution is 2.36. The van der Waals surface area contributed by atoms with Crippen LogP contribution in [0.3, 0.4) is 0 Å². The summed E-state index contributed by atoms with van der Waals surface area (Å²) >= 11 is 6.40. The Balaban J connectivity index is 1.71. The molecular formula is C29H38ClN7O3. The van der Waals surface area contributed by atoms with Gasteiger partial charge < -0.3 is 19.3 Å². The molecule has 0 bridgehead atoms. The van der Waals surface area contributed by atoms with Crippen LogP contribution < -0.4 is 10.2 Å². The van der Waals surface area contributed by atoms with E-state index in [0.29, 0.717) is 48.0 Å². The molecule has 0 radical (unpaired) electrons. The van der Waals surface area contributed by atoms with E-state index in [1.807, 2.05) is 18.2 Å². The molecule has 2 fully saturated rings. The third-order valence-electron chi connectivity index (χ3n) is 7.94. The maximum Gasteiger partial charge on any atom is 0.410 e. The second-order valence-corrected chi connectivity index (χ2v) is 12.0. The van der Waals surface area contributed by atoms with Crippen LogP contribution in [0.1, 0.15) is 58.7 Å². The Hall–Kier alpha value is -3.24. The van der Waals surface area contributed by atoms with E-state index in [-0.39, 0.29) is 11.9 Å². The molecule has 214 valence electrons. The minimum absolute atomic E-state index is 0.0340. The van der Waals surface area contributed by atoms with Gasteiger partial charge in [-0.1, -0.05) is 57.3 Å². The normalized spacial score (nSPS) is 21.6. The number of imidazole rings is 1. The van der Waals surface area contributed by atoms with Crippen LogP contribution in [0.15, 0.2) is 24.3 Å². The summed E-state index contributed by atoms with van der Waals surface area (Å²) in [5.74, 6) is 2.12. The first-order valence-corrected chi connectivity index (χ1v) is 14.5. The molecule has 1 saturated carbocycles. The molecule has 10 nitrogen and oxygen atoms in total. The quantitative estimate of drug-likeness (QED) is 0.242. The highest BCUT2D eigenvalue weighted by Gasteiger charge is 2.32. The zero-order chi connectivity index (χ0) is 28.4. The van der Waals surface area contributed by atoms with Crippen molar-refractivity contribution in [1.29, 1.82) is 5.41 Å². The number of anilines is 1. The molecule has 1 saturated heterocycles. The number of fused-ring (bicyclic) bond motifs is 1. The van der Waals surface area contributed by atoms with E-state index in [4.69, 9.17) is 31.7 Å². The van der Waals surface area contributed by atoms with Crippen molar-refractivity contribution >= 4 is 40.6 Å². The molecule has 2 aromatic heterocycles. The summed E-state index contributed by atoms with van der Waals surface area (Å²) in [6.07, 6.45) is 4.34. The SMILES string of the molecule is CC(C)C[C@H]1COCCN1c1nc2nc(C(=N)NC(=O)O)nc(-c3cccc(Cl)c3)c2n1CC1CCC(C)CC1. The number of nitrogens with one attached hydrogen (secondary N) is 2. The number of rotatable bonds is 7. The second-order valence-electron chi connectivity index (χ2n) is 11.6. The van der Waals surface area contributed by atoms with E-state index < -0.39 is 11.9 Å². The van der Waals surface area contributed by atoms with Crippen LogP contribution in [0.5, 0.6) is 0 Å². The number of amidine groups is 1. The molecule has 1 amide bonds. The van der Waals surface area contributed by atoms with Gasteiger partial charge in [0.1, 0.15) is 11.2 Å². The summed E-state index contributed by atoms with van der Waals surface area (Å²) in [6.45, 7) is 9.50. The van der Waals surface area contributed by atoms with Gasteiger partial charge in [0.25, 0.3) is 0 Å². The van der Waals surface area contributed by atoms with Crippen LogP contribution >= 0.6 is 11.6 Å². The number of benzene rings is 1. The molecule has 3 aromatic rings. The number of nitrogens with zero attached hydrogens (tertiary/aromatic N) is 5. The standard InChI is InChI=1S/C29H38ClN7O3/c1-17(2)13-22-16-40-12-11-36(22)28-35-26-24(37(28)15-19-9-7-18(3)8-10-19)23(20-5-4-6-21(30)14-20)32-27(34-26)25(31)33-29(38)39/h4-6,14,17-19,22H,7-13,15-16H2,1-3H3,(H2,31,33)(H,38,39)/t18?,19?,22-/m0/s1. The molecule has 0 spiro atoms. The van der Waals surface area contributed by atoms with Crippen LogP contribution in [-0.2, 0) is 11.3 Å². The summed E-state index contributed by atoms with van der Waals surface area (Å²) in [5, 5.41) is 20.2. The number of halogens is 1. The molecule has 1 atom stereocenters. The smallest absolute Gasteiger partial charge is 0.410 e. The Bertz CT molecular complexity index is 1380. The predicted molar refractivity (Wildman–Crippen MR) is 156 cm³/mol. The lowest BCUT2D eigenvalue weighted by molar-refractivity contribution is 0.0863. The number of ether oxygens (including phenoxy) is 1. The van der Waals surface area contributed by atoms with Crippen molar-refractivity contribution in [2.75, 3.05) is 24.7 Å². The Morgan fingerprint density at radius 2 is 2.00 bits per heavy atom. The summed E-state index contributed by atoms with van der Waals surface area (Å²) in [5.41, 5.74) is 2.55. The minimum atomic E-state index is -1.35. The lowest BCUT2D eigenvalue weighted by Gasteiger charge is -2.38. The molecule has 2 aliphatic rings. The molecule has 3 heterocycles. The number of aromatic nitrogens is 4. The molecule has 3 N–H and O–H groups in total. The van der Waals surface area contributed by atoms with E-state index in [2.05, 4.69) is 40.5 Å². The van der Waals surface area contributed by atoms with Crippen molar-refractivity contribution in [3.8, 4) is 11.3 Å². The molecule has 1 aliphatic carbocycles. The average molecular weight is 568 g/mol. The molecular weight excluding hydrogens is 530 g/mol. The number of amides is 1. The zero-order valence-electron chi connectivity index (χ0n) is 23.4. The van der Waals surface area contributed by atoms with E-state index in [1.54, 1.807) is 6.07 Å². The number of carboxylic acid groups (broad SMARTS) is 1. The van der Waals surface area contributed by atoms with E-state index >= 15 is 0 Å². The first kappa shape index (κ1) is 28.3. The number of hydrogen-bond acceptors (Lipinski definition) is 7. The van der Waals surface area contributed by atoms with Gasteiger partial charge in [-0.05, 0) is 49.1 Å². The summed E-state index contributed by atoms with van der Waals surface area (Å²) in [4.78, 5) is 28.1. The molecule has 1 aromatic carbocycles. The summed E-state index contributed by atoms with van der Waals surface area (Å²) in [6, 6.07) is 7.58. The number of carbonyl (C=O) groups is 1. The van der Waals surface area contributed by atoms with Gasteiger partial charge in [0.05, 0.1) is 19.3 Å². The van der Waals surface area contributed by atoms with Crippen molar-refractivity contribution in [3.63, 3.8) is 0 Å². The van der Waals surface area contributed by atoms with Gasteiger partial charge in [-0.25, -0.2) is 14.8 Å². The fourth-order valence-corrected chi connectivity index (χ4v) is 6.15. The fraction of sp³-hybridized carbons (Fsp3) is 0.552. The summed E-state index contributed by atoms with van der Waals surface area (Å²) < 4.78 is 8.16. The third-order valence-corrected chi connectivity index (χ3v) is 8.18. The minimum Gasteiger partial charge on any atom is -0.465 e. The predicted octanol–water partition coefficient (Wildman–Crippen LogP) is 5.82. The Labute approximate surface area is 239 Å². The zero-order valence-corrected chi connectivity index (χ0v) is 24.1. The van der Waals surface area contributed by atoms with Gasteiger partial charge in [-0.2, -0.15) is 4.98 Å². The topological polar surface area (TPSA) is 129 Å². The molecule has 40 heavy (non-hydrogen) atoms. The monoisotopic (exact) mass is 567 g/mol. The Morgan fingerprint density at radius 1 is 1.23 bits per heavy atom. The second kappa shape index (κ2) is 12.1. The lowest BCUT2D eigenvalue weighted by atomic mass is 9.83. The van der Waals surface area contributed by atoms with Gasteiger partial charge in [0, 0.05) is 23.7 Å². The maximum absolute atomic E-state index is 11.3. The van der Waals surface area contributed by atoms with Crippen molar-refractivity contribution in [1.82, 2.24) is 24.8 Å². The Kier molecular flexibility index (Phi) is 8.56. The molecule has 0 unspecified atom stereocenters. The van der Waals surface area contributed by atoms with Crippen molar-refractivity contribution < 1.29 is 14.6 Å². The molecule has 5 rings (SSSR count). The van der Waals surface area contributed by atoms with Crippen molar-refractivity contribution in [2.45, 2.75) is 65.5 Å². The van der Waals surface area contributed by atoms with E-state index in [9.17, 15) is 9.90 Å². The van der Waals surface area contributed by atoms with Crippen LogP contribution in [-0.4, -0.2) is 62.4 Å². The van der Waals surface area contributed by atoms with E-state index in [1.165, 1.54) is 12.8 Å².